The molecule has 0 bridgehead atoms. The molecule has 0 aliphatic carbocycles. The van der Waals surface area contributed by atoms with Gasteiger partial charge in [-0.15, -0.1) is 0 Å². The smallest absolute Gasteiger partial charge is 0.229 e. The molecule has 4 aromatic rings. The van der Waals surface area contributed by atoms with Crippen LogP contribution < -0.4 is 20.3 Å². The predicted molar refractivity (Wildman–Crippen MR) is 174 cm³/mol. The fourth-order valence-corrected chi connectivity index (χ4v) is 6.14. The van der Waals surface area contributed by atoms with Crippen LogP contribution in [0.25, 0.3) is 5.69 Å². The molecule has 2 atom stereocenters. The van der Waals surface area contributed by atoms with E-state index in [9.17, 15) is 4.79 Å². The summed E-state index contributed by atoms with van der Waals surface area (Å²) in [6.45, 7) is 12.0. The number of methoxy groups -OCH3 is 1. The van der Waals surface area contributed by atoms with Gasteiger partial charge in [0, 0.05) is 51.0 Å². The Balaban J connectivity index is 1.67. The van der Waals surface area contributed by atoms with E-state index < -0.39 is 5.41 Å². The number of rotatable bonds is 6. The zero-order chi connectivity index (χ0) is 30.3. The van der Waals surface area contributed by atoms with Crippen LogP contribution in [0.2, 0.25) is 5.02 Å². The zero-order valence-electron chi connectivity index (χ0n) is 24.9. The van der Waals surface area contributed by atoms with Gasteiger partial charge in [0.2, 0.25) is 5.91 Å². The highest BCUT2D eigenvalue weighted by molar-refractivity contribution is 7.80. The number of carbonyl (C=O) groups is 1. The Kier molecular flexibility index (Phi) is 8.05. The molecule has 1 saturated heterocycles. The first kappa shape index (κ1) is 29.6. The van der Waals surface area contributed by atoms with Gasteiger partial charge in [0.1, 0.15) is 5.75 Å². The quantitative estimate of drug-likeness (QED) is 0.222. The molecule has 2 aromatic carbocycles. The van der Waals surface area contributed by atoms with E-state index in [1.807, 2.05) is 75.4 Å². The number of benzene rings is 2. The number of nitrogens with one attached hydrogen (secondary N) is 2. The molecule has 0 spiro atoms. The van der Waals surface area contributed by atoms with Crippen molar-refractivity contribution in [3.63, 3.8) is 0 Å². The van der Waals surface area contributed by atoms with Gasteiger partial charge < -0.3 is 24.8 Å². The number of thiocarbonyl (C=S) groups is 1. The van der Waals surface area contributed by atoms with Crippen molar-refractivity contribution in [2.45, 2.75) is 53.6 Å². The third-order valence-corrected chi connectivity index (χ3v) is 8.41. The van der Waals surface area contributed by atoms with Gasteiger partial charge in [-0.1, -0.05) is 44.5 Å². The maximum Gasteiger partial charge on any atom is 0.229 e. The van der Waals surface area contributed by atoms with Crippen molar-refractivity contribution in [3.05, 3.63) is 100 Å². The third-order valence-electron chi connectivity index (χ3n) is 7.86. The Morgan fingerprint density at radius 1 is 1.02 bits per heavy atom. The molecule has 1 amide bonds. The van der Waals surface area contributed by atoms with Gasteiger partial charge in [0.25, 0.3) is 0 Å². The Labute approximate surface area is 257 Å². The van der Waals surface area contributed by atoms with Crippen LogP contribution in [0.3, 0.4) is 0 Å². The number of amides is 1. The van der Waals surface area contributed by atoms with Gasteiger partial charge in [-0.3, -0.25) is 9.78 Å². The first-order valence-electron chi connectivity index (χ1n) is 13.9. The van der Waals surface area contributed by atoms with Crippen LogP contribution in [0.4, 0.5) is 11.4 Å². The third kappa shape index (κ3) is 5.37. The van der Waals surface area contributed by atoms with Gasteiger partial charge in [0.05, 0.1) is 30.6 Å². The second-order valence-electron chi connectivity index (χ2n) is 11.6. The topological polar surface area (TPSA) is 71.4 Å². The van der Waals surface area contributed by atoms with Crippen molar-refractivity contribution in [1.82, 2.24) is 14.9 Å². The molecule has 3 heterocycles. The van der Waals surface area contributed by atoms with Crippen LogP contribution in [0, 0.1) is 26.2 Å². The molecule has 1 aliphatic heterocycles. The number of carbonyl (C=O) groups excluding carboxylic acids is 1. The van der Waals surface area contributed by atoms with Crippen LogP contribution in [-0.4, -0.2) is 27.7 Å². The zero-order valence-corrected chi connectivity index (χ0v) is 26.5. The molecule has 0 unspecified atom stereocenters. The number of ether oxygens (including phenoxy) is 1. The number of aromatic nitrogens is 2. The van der Waals surface area contributed by atoms with E-state index in [-0.39, 0.29) is 18.0 Å². The second-order valence-corrected chi connectivity index (χ2v) is 12.4. The van der Waals surface area contributed by atoms with Crippen molar-refractivity contribution >= 4 is 46.2 Å². The lowest BCUT2D eigenvalue weighted by Gasteiger charge is -2.29. The summed E-state index contributed by atoms with van der Waals surface area (Å²) in [4.78, 5) is 19.6. The molecule has 218 valence electrons. The van der Waals surface area contributed by atoms with Crippen LogP contribution in [0.15, 0.2) is 66.9 Å². The number of nitrogens with zero attached hydrogens (tertiary/aromatic N) is 3. The fourth-order valence-electron chi connectivity index (χ4n) is 5.61. The summed E-state index contributed by atoms with van der Waals surface area (Å²) in [5.41, 5.74) is 7.32. The molecule has 5 rings (SSSR count). The minimum absolute atomic E-state index is 0.0934. The minimum Gasteiger partial charge on any atom is -0.494 e. The lowest BCUT2D eigenvalue weighted by Crippen LogP contribution is -2.30. The van der Waals surface area contributed by atoms with Gasteiger partial charge in [-0.25, -0.2) is 0 Å². The molecular formula is C33H36ClN5O2S. The highest BCUT2D eigenvalue weighted by Crippen LogP contribution is 2.46. The summed E-state index contributed by atoms with van der Waals surface area (Å²) in [5.74, 6) is 0.457. The normalized spacial score (nSPS) is 16.9. The summed E-state index contributed by atoms with van der Waals surface area (Å²) in [6.07, 6.45) is 1.80. The van der Waals surface area contributed by atoms with E-state index >= 15 is 0 Å². The average Bonchev–Trinajstić information content (AvgIpc) is 3.40. The molecule has 1 fully saturated rings. The Morgan fingerprint density at radius 3 is 2.43 bits per heavy atom. The van der Waals surface area contributed by atoms with Crippen molar-refractivity contribution in [2.75, 3.05) is 17.3 Å². The van der Waals surface area contributed by atoms with Gasteiger partial charge in [-0.2, -0.15) is 0 Å². The van der Waals surface area contributed by atoms with Crippen LogP contribution in [-0.2, 0) is 4.79 Å². The first-order chi connectivity index (χ1) is 19.9. The minimum atomic E-state index is -0.547. The Morgan fingerprint density at radius 2 is 1.79 bits per heavy atom. The van der Waals surface area contributed by atoms with Crippen molar-refractivity contribution < 1.29 is 9.53 Å². The number of anilines is 2. The van der Waals surface area contributed by atoms with Crippen molar-refractivity contribution in [1.29, 1.82) is 0 Å². The Hall–Kier alpha value is -3.88. The van der Waals surface area contributed by atoms with Gasteiger partial charge in [0.15, 0.2) is 5.11 Å². The molecule has 1 aliphatic rings. The average molecular weight is 602 g/mol. The second kappa shape index (κ2) is 11.4. The summed E-state index contributed by atoms with van der Waals surface area (Å²) in [6, 6.07) is 19.1. The molecule has 7 nitrogen and oxygen atoms in total. The largest absolute Gasteiger partial charge is 0.494 e. The Bertz CT molecular complexity index is 1660. The van der Waals surface area contributed by atoms with E-state index in [2.05, 4.69) is 46.9 Å². The SMILES string of the molecule is COc1cc(N2C(=S)N[C@@H](c3ccccn3)[C@@H]2c2c(C)c(C)n(-c3cccc(Cl)c3)c2C)ccc1NC(=O)C(C)(C)C. The van der Waals surface area contributed by atoms with Crippen molar-refractivity contribution in [2.24, 2.45) is 5.41 Å². The summed E-state index contributed by atoms with van der Waals surface area (Å²) >= 11 is 12.4. The number of hydrogen-bond acceptors (Lipinski definition) is 4. The van der Waals surface area contributed by atoms with E-state index in [1.54, 1.807) is 13.3 Å². The molecule has 0 radical (unpaired) electrons. The molecule has 0 saturated carbocycles. The molecule has 2 N–H and O–H groups in total. The van der Waals surface area contributed by atoms with Crippen LogP contribution in [0.5, 0.6) is 5.75 Å². The van der Waals surface area contributed by atoms with E-state index in [1.165, 1.54) is 0 Å². The summed E-state index contributed by atoms with van der Waals surface area (Å²) in [7, 11) is 1.60. The number of hydrogen-bond donors (Lipinski definition) is 2. The monoisotopic (exact) mass is 601 g/mol. The molecule has 42 heavy (non-hydrogen) atoms. The molecular weight excluding hydrogens is 566 g/mol. The predicted octanol–water partition coefficient (Wildman–Crippen LogP) is 7.62. The van der Waals surface area contributed by atoms with E-state index in [4.69, 9.17) is 33.5 Å². The van der Waals surface area contributed by atoms with Gasteiger partial charge >= 0.3 is 0 Å². The first-order valence-corrected chi connectivity index (χ1v) is 14.7. The maximum absolute atomic E-state index is 12.8. The van der Waals surface area contributed by atoms with E-state index in [0.717, 1.165) is 39.6 Å². The van der Waals surface area contributed by atoms with Crippen molar-refractivity contribution in [3.8, 4) is 11.4 Å². The van der Waals surface area contributed by atoms with Crippen LogP contribution >= 0.6 is 23.8 Å². The summed E-state index contributed by atoms with van der Waals surface area (Å²) < 4.78 is 8.00. The summed E-state index contributed by atoms with van der Waals surface area (Å²) in [5, 5.41) is 7.82. The van der Waals surface area contributed by atoms with E-state index in [0.29, 0.717) is 21.6 Å². The standard InChI is InChI=1S/C33H36ClN5O2S/c1-19-20(2)38(23-12-10-11-22(34)17-23)21(3)28(19)30-29(26-13-8-9-16-35-26)37-32(42)39(30)24-14-15-25(27(18-24)41-7)36-31(40)33(4,5)6/h8-18,29-30H,1-7H3,(H,36,40)(H,37,42)/t29-,30-/m0/s1. The fraction of sp³-hybridized carbons (Fsp3) is 0.303. The highest BCUT2D eigenvalue weighted by atomic mass is 35.5. The molecule has 2 aromatic heterocycles. The maximum atomic E-state index is 12.8. The lowest BCUT2D eigenvalue weighted by molar-refractivity contribution is -0.123. The van der Waals surface area contributed by atoms with Gasteiger partial charge in [-0.05, 0) is 81.0 Å². The number of pyridine rings is 1. The lowest BCUT2D eigenvalue weighted by atomic mass is 9.93. The highest BCUT2D eigenvalue weighted by Gasteiger charge is 2.43. The van der Waals surface area contributed by atoms with Crippen LogP contribution in [0.1, 0.15) is 61.1 Å². The number of halogens is 1. The molecule has 9 heteroatoms.